The van der Waals surface area contributed by atoms with Crippen molar-refractivity contribution in [3.05, 3.63) is 11.9 Å². The summed E-state index contributed by atoms with van der Waals surface area (Å²) in [5, 5.41) is 9.28. The Morgan fingerprint density at radius 3 is 2.00 bits per heavy atom. The summed E-state index contributed by atoms with van der Waals surface area (Å²) in [6.45, 7) is 5.26. The van der Waals surface area contributed by atoms with Gasteiger partial charge in [-0.05, 0) is 20.8 Å². The van der Waals surface area contributed by atoms with E-state index in [2.05, 4.69) is 5.32 Å². The van der Waals surface area contributed by atoms with E-state index in [4.69, 9.17) is 11.1 Å². The molecule has 0 aliphatic rings. The first kappa shape index (κ1) is 12.8. The molecule has 0 spiro atoms. The van der Waals surface area contributed by atoms with Crippen molar-refractivity contribution in [1.29, 1.82) is 5.41 Å². The Kier molecular flexibility index (Phi) is 3.56. The molecular weight excluding hydrogens is 195 g/mol. The van der Waals surface area contributed by atoms with E-state index in [-0.39, 0.29) is 5.82 Å². The van der Waals surface area contributed by atoms with E-state index in [1.165, 1.54) is 0 Å². The van der Waals surface area contributed by atoms with Crippen molar-refractivity contribution < 1.29 is 13.2 Å². The standard InChI is InChI=1S/C8H14F3N3/c1-7(2,3)14-6(13)4-5(12)8(9,10)11/h4,12,14H,13H2,1-3H3/b6-4-,12-5?. The molecular formula is C8H14F3N3. The second-order valence-electron chi connectivity index (χ2n) is 3.89. The van der Waals surface area contributed by atoms with Crippen LogP contribution in [0.4, 0.5) is 13.2 Å². The van der Waals surface area contributed by atoms with Crippen LogP contribution < -0.4 is 11.1 Å². The number of hydrogen-bond acceptors (Lipinski definition) is 3. The number of alkyl halides is 3. The Balaban J connectivity index is 4.47. The highest BCUT2D eigenvalue weighted by Crippen LogP contribution is 2.17. The SMILES string of the molecule is CC(C)(C)N/C(N)=C\C(=N)C(F)(F)F. The highest BCUT2D eigenvalue weighted by Gasteiger charge is 2.32. The van der Waals surface area contributed by atoms with Crippen LogP contribution in [-0.2, 0) is 0 Å². The zero-order valence-corrected chi connectivity index (χ0v) is 8.29. The molecule has 0 radical (unpaired) electrons. The molecule has 0 atom stereocenters. The van der Waals surface area contributed by atoms with Gasteiger partial charge in [-0.15, -0.1) is 0 Å². The molecule has 0 aromatic rings. The highest BCUT2D eigenvalue weighted by molar-refractivity contribution is 5.97. The smallest absolute Gasteiger partial charge is 0.385 e. The van der Waals surface area contributed by atoms with Gasteiger partial charge in [0.25, 0.3) is 0 Å². The third kappa shape index (κ3) is 5.45. The van der Waals surface area contributed by atoms with E-state index in [1.807, 2.05) is 0 Å². The second kappa shape index (κ2) is 3.89. The van der Waals surface area contributed by atoms with Crippen LogP contribution in [0, 0.1) is 5.41 Å². The van der Waals surface area contributed by atoms with E-state index >= 15 is 0 Å². The number of nitrogens with two attached hydrogens (primary N) is 1. The predicted molar refractivity (Wildman–Crippen MR) is 48.9 cm³/mol. The molecule has 0 rings (SSSR count). The lowest BCUT2D eigenvalue weighted by Gasteiger charge is -2.22. The van der Waals surface area contributed by atoms with E-state index in [9.17, 15) is 13.2 Å². The number of halogens is 3. The number of hydrogen-bond donors (Lipinski definition) is 3. The summed E-state index contributed by atoms with van der Waals surface area (Å²) in [5.41, 5.74) is 3.38. The Hall–Kier alpha value is -1.20. The first-order valence-electron chi connectivity index (χ1n) is 3.93. The van der Waals surface area contributed by atoms with Crippen LogP contribution in [0.5, 0.6) is 0 Å². The molecule has 0 saturated heterocycles. The number of rotatable bonds is 2. The van der Waals surface area contributed by atoms with Crippen LogP contribution >= 0.6 is 0 Å². The van der Waals surface area contributed by atoms with Crippen LogP contribution in [0.2, 0.25) is 0 Å². The molecule has 82 valence electrons. The van der Waals surface area contributed by atoms with Gasteiger partial charge in [-0.3, -0.25) is 5.41 Å². The Morgan fingerprint density at radius 2 is 1.71 bits per heavy atom. The molecule has 0 saturated carbocycles. The molecule has 0 aliphatic carbocycles. The fourth-order valence-electron chi connectivity index (χ4n) is 0.706. The Morgan fingerprint density at radius 1 is 1.29 bits per heavy atom. The normalized spacial score (nSPS) is 14.0. The molecule has 0 aromatic heterocycles. The monoisotopic (exact) mass is 209 g/mol. The van der Waals surface area contributed by atoms with Crippen molar-refractivity contribution in [3.63, 3.8) is 0 Å². The lowest BCUT2D eigenvalue weighted by Crippen LogP contribution is -2.38. The minimum atomic E-state index is -4.65. The lowest BCUT2D eigenvalue weighted by molar-refractivity contribution is -0.0584. The van der Waals surface area contributed by atoms with Crippen molar-refractivity contribution in [3.8, 4) is 0 Å². The van der Waals surface area contributed by atoms with Gasteiger partial charge in [-0.2, -0.15) is 13.2 Å². The van der Waals surface area contributed by atoms with Gasteiger partial charge in [0, 0.05) is 11.6 Å². The third-order valence-electron chi connectivity index (χ3n) is 1.12. The van der Waals surface area contributed by atoms with Crippen LogP contribution in [-0.4, -0.2) is 17.4 Å². The maximum Gasteiger partial charge on any atom is 0.432 e. The van der Waals surface area contributed by atoms with Gasteiger partial charge in [0.2, 0.25) is 0 Å². The average Bonchev–Trinajstić information content (AvgIpc) is 1.79. The zero-order valence-electron chi connectivity index (χ0n) is 8.29. The third-order valence-corrected chi connectivity index (χ3v) is 1.12. The van der Waals surface area contributed by atoms with Gasteiger partial charge in [-0.25, -0.2) is 0 Å². The van der Waals surface area contributed by atoms with Gasteiger partial charge < -0.3 is 11.1 Å². The molecule has 4 N–H and O–H groups in total. The first-order valence-corrected chi connectivity index (χ1v) is 3.93. The minimum Gasteiger partial charge on any atom is -0.385 e. The fourth-order valence-corrected chi connectivity index (χ4v) is 0.706. The van der Waals surface area contributed by atoms with Crippen molar-refractivity contribution in [2.45, 2.75) is 32.5 Å². The van der Waals surface area contributed by atoms with Crippen LogP contribution in [0.25, 0.3) is 0 Å². The molecule has 0 amide bonds. The minimum absolute atomic E-state index is 0.167. The summed E-state index contributed by atoms with van der Waals surface area (Å²) >= 11 is 0. The van der Waals surface area contributed by atoms with Crippen LogP contribution in [0.15, 0.2) is 11.9 Å². The van der Waals surface area contributed by atoms with Crippen LogP contribution in [0.1, 0.15) is 20.8 Å². The maximum absolute atomic E-state index is 11.9. The molecule has 3 nitrogen and oxygen atoms in total. The largest absolute Gasteiger partial charge is 0.432 e. The van der Waals surface area contributed by atoms with E-state index in [0.717, 1.165) is 0 Å². The Bertz CT molecular complexity index is 248. The molecule has 6 heteroatoms. The summed E-state index contributed by atoms with van der Waals surface area (Å²) in [6.07, 6.45) is -4.09. The summed E-state index contributed by atoms with van der Waals surface area (Å²) in [6, 6.07) is 0. The van der Waals surface area contributed by atoms with Crippen molar-refractivity contribution >= 4 is 5.71 Å². The number of allylic oxidation sites excluding steroid dienone is 1. The molecule has 0 unspecified atom stereocenters. The average molecular weight is 209 g/mol. The molecule has 0 fully saturated rings. The topological polar surface area (TPSA) is 61.9 Å². The van der Waals surface area contributed by atoms with Gasteiger partial charge in [0.15, 0.2) is 0 Å². The molecule has 0 aromatic carbocycles. The predicted octanol–water partition coefficient (Wildman–Crippen LogP) is 1.76. The summed E-state index contributed by atoms with van der Waals surface area (Å²) in [7, 11) is 0. The summed E-state index contributed by atoms with van der Waals surface area (Å²) in [4.78, 5) is 0. The maximum atomic E-state index is 11.9. The summed E-state index contributed by atoms with van der Waals surface area (Å²) in [5.74, 6) is -0.167. The van der Waals surface area contributed by atoms with Gasteiger partial charge in [-0.1, -0.05) is 0 Å². The highest BCUT2D eigenvalue weighted by atomic mass is 19.4. The first-order chi connectivity index (χ1) is 6.02. The Labute approximate surface area is 80.7 Å². The fraction of sp³-hybridized carbons (Fsp3) is 0.625. The summed E-state index contributed by atoms with van der Waals surface area (Å²) < 4.78 is 35.7. The second-order valence-corrected chi connectivity index (χ2v) is 3.89. The quantitative estimate of drug-likeness (QED) is 0.607. The van der Waals surface area contributed by atoms with Gasteiger partial charge >= 0.3 is 6.18 Å². The van der Waals surface area contributed by atoms with Crippen molar-refractivity contribution in [2.75, 3.05) is 0 Å². The molecule has 14 heavy (non-hydrogen) atoms. The van der Waals surface area contributed by atoms with E-state index in [1.54, 1.807) is 20.8 Å². The zero-order chi connectivity index (χ0) is 11.6. The number of nitrogens with one attached hydrogen (secondary N) is 2. The van der Waals surface area contributed by atoms with E-state index in [0.29, 0.717) is 6.08 Å². The molecule has 0 bridgehead atoms. The van der Waals surface area contributed by atoms with E-state index < -0.39 is 17.4 Å². The van der Waals surface area contributed by atoms with Crippen LogP contribution in [0.3, 0.4) is 0 Å². The van der Waals surface area contributed by atoms with Crippen molar-refractivity contribution in [2.24, 2.45) is 5.73 Å². The van der Waals surface area contributed by atoms with Crippen molar-refractivity contribution in [1.82, 2.24) is 5.32 Å². The molecule has 0 aliphatic heterocycles. The lowest BCUT2D eigenvalue weighted by atomic mass is 10.1. The van der Waals surface area contributed by atoms with Gasteiger partial charge in [0.1, 0.15) is 5.71 Å². The molecule has 0 heterocycles. The van der Waals surface area contributed by atoms with Gasteiger partial charge in [0.05, 0.1) is 5.82 Å².